The first kappa shape index (κ1) is 11.6. The first-order valence-corrected chi connectivity index (χ1v) is 4.78. The number of phenols is 1. The zero-order chi connectivity index (χ0) is 11.6. The van der Waals surface area contributed by atoms with E-state index in [0.717, 1.165) is 5.56 Å². The van der Waals surface area contributed by atoms with Crippen LogP contribution in [0.4, 0.5) is 0 Å². The van der Waals surface area contributed by atoms with E-state index < -0.39 is 5.97 Å². The Morgan fingerprint density at radius 1 is 1.33 bits per heavy atom. The minimum Gasteiger partial charge on any atom is -0.507 e. The van der Waals surface area contributed by atoms with E-state index in [-0.39, 0.29) is 16.7 Å². The van der Waals surface area contributed by atoms with Gasteiger partial charge in [0, 0.05) is 5.56 Å². The number of hydrogen-bond donors (Lipinski definition) is 1. The van der Waals surface area contributed by atoms with Gasteiger partial charge in [-0.1, -0.05) is 32.9 Å². The number of carbonyl (C=O) groups is 1. The Kier molecular flexibility index (Phi) is 3.03. The number of carbonyl (C=O) groups excluding carboxylic acids is 1. The molecule has 0 spiro atoms. The van der Waals surface area contributed by atoms with E-state index in [4.69, 9.17) is 0 Å². The van der Waals surface area contributed by atoms with Crippen LogP contribution in [0, 0.1) is 0 Å². The van der Waals surface area contributed by atoms with Gasteiger partial charge in [0.25, 0.3) is 0 Å². The van der Waals surface area contributed by atoms with E-state index in [1.54, 1.807) is 12.1 Å². The van der Waals surface area contributed by atoms with Gasteiger partial charge in [0.05, 0.1) is 7.11 Å². The van der Waals surface area contributed by atoms with Crippen molar-refractivity contribution in [1.29, 1.82) is 0 Å². The predicted octanol–water partition coefficient (Wildman–Crippen LogP) is 2.48. The maximum atomic E-state index is 11.3. The van der Waals surface area contributed by atoms with Gasteiger partial charge in [-0.3, -0.25) is 0 Å². The molecule has 1 N–H and O–H groups in total. The maximum Gasteiger partial charge on any atom is 0.341 e. The van der Waals surface area contributed by atoms with Crippen LogP contribution in [-0.4, -0.2) is 18.2 Å². The van der Waals surface area contributed by atoms with Crippen molar-refractivity contribution in [3.8, 4) is 5.75 Å². The molecule has 0 radical (unpaired) electrons. The number of esters is 1. The van der Waals surface area contributed by atoms with Gasteiger partial charge >= 0.3 is 5.97 Å². The highest BCUT2D eigenvalue weighted by molar-refractivity contribution is 5.92. The molecule has 0 unspecified atom stereocenters. The molecule has 0 saturated carbocycles. The highest BCUT2D eigenvalue weighted by Gasteiger charge is 2.22. The van der Waals surface area contributed by atoms with Gasteiger partial charge in [-0.05, 0) is 11.5 Å². The molecule has 0 bridgehead atoms. The fraction of sp³-hybridized carbons (Fsp3) is 0.417. The van der Waals surface area contributed by atoms with Gasteiger partial charge < -0.3 is 9.84 Å². The SMILES string of the molecule is COC(=O)c1cccc(C(C)(C)C)c1O. The normalized spacial score (nSPS) is 11.2. The van der Waals surface area contributed by atoms with Crippen molar-refractivity contribution < 1.29 is 14.6 Å². The summed E-state index contributed by atoms with van der Waals surface area (Å²) in [4.78, 5) is 11.3. The lowest BCUT2D eigenvalue weighted by Crippen LogP contribution is -2.13. The fourth-order valence-corrected chi connectivity index (χ4v) is 1.42. The van der Waals surface area contributed by atoms with Crippen LogP contribution in [0.2, 0.25) is 0 Å². The molecular weight excluding hydrogens is 192 g/mol. The van der Waals surface area contributed by atoms with Crippen molar-refractivity contribution >= 4 is 5.97 Å². The van der Waals surface area contributed by atoms with Crippen LogP contribution in [0.15, 0.2) is 18.2 Å². The molecule has 0 aliphatic rings. The first-order valence-electron chi connectivity index (χ1n) is 4.78. The van der Waals surface area contributed by atoms with Crippen LogP contribution in [0.25, 0.3) is 0 Å². The number of rotatable bonds is 1. The highest BCUT2D eigenvalue weighted by atomic mass is 16.5. The number of para-hydroxylation sites is 1. The van der Waals surface area contributed by atoms with Gasteiger partial charge in [-0.15, -0.1) is 0 Å². The van der Waals surface area contributed by atoms with E-state index in [0.29, 0.717) is 0 Å². The van der Waals surface area contributed by atoms with Crippen molar-refractivity contribution in [1.82, 2.24) is 0 Å². The van der Waals surface area contributed by atoms with Crippen molar-refractivity contribution in [2.45, 2.75) is 26.2 Å². The molecule has 0 aliphatic carbocycles. The Morgan fingerprint density at radius 3 is 2.40 bits per heavy atom. The molecule has 1 aromatic rings. The summed E-state index contributed by atoms with van der Waals surface area (Å²) >= 11 is 0. The van der Waals surface area contributed by atoms with Crippen LogP contribution in [0.3, 0.4) is 0 Å². The summed E-state index contributed by atoms with van der Waals surface area (Å²) in [6.45, 7) is 5.93. The lowest BCUT2D eigenvalue weighted by atomic mass is 9.85. The number of phenolic OH excluding ortho intramolecular Hbond substituents is 1. The molecule has 15 heavy (non-hydrogen) atoms. The molecular formula is C12H16O3. The van der Waals surface area contributed by atoms with Gasteiger partial charge in [-0.25, -0.2) is 4.79 Å². The highest BCUT2D eigenvalue weighted by Crippen LogP contribution is 2.33. The van der Waals surface area contributed by atoms with Crippen molar-refractivity contribution in [2.24, 2.45) is 0 Å². The summed E-state index contributed by atoms with van der Waals surface area (Å²) in [5.41, 5.74) is 0.754. The third kappa shape index (κ3) is 2.29. The second-order valence-corrected chi connectivity index (χ2v) is 4.44. The Bertz CT molecular complexity index is 375. The Balaban J connectivity index is 3.30. The first-order chi connectivity index (χ1) is 6.88. The number of hydrogen-bond acceptors (Lipinski definition) is 3. The van der Waals surface area contributed by atoms with Crippen LogP contribution in [-0.2, 0) is 10.2 Å². The molecule has 1 aromatic carbocycles. The molecule has 0 fully saturated rings. The van der Waals surface area contributed by atoms with Crippen LogP contribution in [0.5, 0.6) is 5.75 Å². The number of benzene rings is 1. The van der Waals surface area contributed by atoms with E-state index in [1.807, 2.05) is 26.8 Å². The maximum absolute atomic E-state index is 11.3. The quantitative estimate of drug-likeness (QED) is 0.721. The molecule has 3 nitrogen and oxygen atoms in total. The summed E-state index contributed by atoms with van der Waals surface area (Å²) in [5.74, 6) is -0.504. The zero-order valence-corrected chi connectivity index (χ0v) is 9.50. The van der Waals surface area contributed by atoms with Gasteiger partial charge in [0.1, 0.15) is 11.3 Å². The second kappa shape index (κ2) is 3.93. The lowest BCUT2D eigenvalue weighted by Gasteiger charge is -2.21. The lowest BCUT2D eigenvalue weighted by molar-refractivity contribution is 0.0597. The summed E-state index contributed by atoms with van der Waals surface area (Å²) < 4.78 is 4.59. The van der Waals surface area contributed by atoms with E-state index in [9.17, 15) is 9.90 Å². The Hall–Kier alpha value is -1.51. The second-order valence-electron chi connectivity index (χ2n) is 4.44. The average molecular weight is 208 g/mol. The van der Waals surface area contributed by atoms with Crippen molar-refractivity contribution in [3.63, 3.8) is 0 Å². The number of aromatic hydroxyl groups is 1. The molecule has 0 saturated heterocycles. The summed E-state index contributed by atoms with van der Waals surface area (Å²) in [7, 11) is 1.30. The van der Waals surface area contributed by atoms with Gasteiger partial charge in [0.2, 0.25) is 0 Å². The summed E-state index contributed by atoms with van der Waals surface area (Å²) in [6.07, 6.45) is 0. The predicted molar refractivity (Wildman–Crippen MR) is 58.1 cm³/mol. The molecule has 82 valence electrons. The molecule has 0 aliphatic heterocycles. The summed E-state index contributed by atoms with van der Waals surface area (Å²) in [6, 6.07) is 5.10. The fourth-order valence-electron chi connectivity index (χ4n) is 1.42. The smallest absolute Gasteiger partial charge is 0.341 e. The standard InChI is InChI=1S/C12H16O3/c1-12(2,3)9-7-5-6-8(10(9)13)11(14)15-4/h5-7,13H,1-4H3. The molecule has 0 heterocycles. The monoisotopic (exact) mass is 208 g/mol. The van der Waals surface area contributed by atoms with Crippen LogP contribution < -0.4 is 0 Å². The zero-order valence-electron chi connectivity index (χ0n) is 9.50. The van der Waals surface area contributed by atoms with E-state index >= 15 is 0 Å². The van der Waals surface area contributed by atoms with Crippen LogP contribution >= 0.6 is 0 Å². The third-order valence-electron chi connectivity index (χ3n) is 2.25. The molecule has 0 atom stereocenters. The Morgan fingerprint density at radius 2 is 1.93 bits per heavy atom. The van der Waals surface area contributed by atoms with E-state index in [2.05, 4.69) is 4.74 Å². The third-order valence-corrected chi connectivity index (χ3v) is 2.25. The topological polar surface area (TPSA) is 46.5 Å². The minimum absolute atomic E-state index is 0.0110. The van der Waals surface area contributed by atoms with Crippen molar-refractivity contribution in [3.05, 3.63) is 29.3 Å². The van der Waals surface area contributed by atoms with Crippen molar-refractivity contribution in [2.75, 3.05) is 7.11 Å². The molecule has 3 heteroatoms. The largest absolute Gasteiger partial charge is 0.507 e. The van der Waals surface area contributed by atoms with Gasteiger partial charge in [-0.2, -0.15) is 0 Å². The van der Waals surface area contributed by atoms with E-state index in [1.165, 1.54) is 7.11 Å². The van der Waals surface area contributed by atoms with Crippen LogP contribution in [0.1, 0.15) is 36.7 Å². The molecule has 0 aromatic heterocycles. The minimum atomic E-state index is -0.515. The number of methoxy groups -OCH3 is 1. The molecule has 1 rings (SSSR count). The Labute approximate surface area is 89.7 Å². The average Bonchev–Trinajstić information content (AvgIpc) is 2.15. The number of ether oxygens (including phenoxy) is 1. The summed E-state index contributed by atoms with van der Waals surface area (Å²) in [5, 5.41) is 9.93. The molecule has 0 amide bonds. The van der Waals surface area contributed by atoms with Gasteiger partial charge in [0.15, 0.2) is 0 Å².